The number of aliphatic hydroxyl groups is 1. The van der Waals surface area contributed by atoms with Gasteiger partial charge in [0, 0.05) is 11.4 Å². The average Bonchev–Trinajstić information content (AvgIpc) is 2.42. The van der Waals surface area contributed by atoms with Crippen LogP contribution in [0.25, 0.3) is 0 Å². The van der Waals surface area contributed by atoms with Crippen LogP contribution in [0.5, 0.6) is 0 Å². The Bertz CT molecular complexity index is 671. The van der Waals surface area contributed by atoms with Gasteiger partial charge in [-0.15, -0.1) is 0 Å². The molecule has 2 nitrogen and oxygen atoms in total. The van der Waals surface area contributed by atoms with E-state index in [9.17, 15) is 5.11 Å². The second kappa shape index (κ2) is 5.66. The molecular formula is C17H16ClNO. The Morgan fingerprint density at radius 2 is 2.00 bits per heavy atom. The molecule has 0 fully saturated rings. The van der Waals surface area contributed by atoms with Crippen molar-refractivity contribution >= 4 is 11.6 Å². The second-order valence-electron chi connectivity index (χ2n) is 5.24. The fourth-order valence-corrected chi connectivity index (χ4v) is 2.49. The molecule has 0 saturated carbocycles. The van der Waals surface area contributed by atoms with E-state index in [-0.39, 0.29) is 0 Å². The SMILES string of the molecule is Cc1ccc(CC(C)(O)c2cccc(C#N)c2)c(Cl)c1. The van der Waals surface area contributed by atoms with Crippen molar-refractivity contribution in [2.45, 2.75) is 25.9 Å². The molecule has 2 aromatic rings. The van der Waals surface area contributed by atoms with Crippen LogP contribution in [0.15, 0.2) is 42.5 Å². The zero-order valence-electron chi connectivity index (χ0n) is 11.5. The Labute approximate surface area is 124 Å². The number of halogens is 1. The Morgan fingerprint density at radius 3 is 2.65 bits per heavy atom. The maximum absolute atomic E-state index is 10.7. The van der Waals surface area contributed by atoms with Gasteiger partial charge in [0.1, 0.15) is 0 Å². The van der Waals surface area contributed by atoms with Gasteiger partial charge in [-0.3, -0.25) is 0 Å². The van der Waals surface area contributed by atoms with Crippen molar-refractivity contribution in [3.63, 3.8) is 0 Å². The van der Waals surface area contributed by atoms with Crippen molar-refractivity contribution in [1.29, 1.82) is 5.26 Å². The first kappa shape index (κ1) is 14.6. The number of nitriles is 1. The molecule has 1 atom stereocenters. The van der Waals surface area contributed by atoms with E-state index < -0.39 is 5.60 Å². The van der Waals surface area contributed by atoms with E-state index in [1.807, 2.05) is 31.2 Å². The molecule has 0 aliphatic carbocycles. The Morgan fingerprint density at radius 1 is 1.25 bits per heavy atom. The summed E-state index contributed by atoms with van der Waals surface area (Å²) in [5.74, 6) is 0. The molecule has 2 aromatic carbocycles. The minimum absolute atomic E-state index is 0.404. The van der Waals surface area contributed by atoms with E-state index in [2.05, 4.69) is 6.07 Å². The quantitative estimate of drug-likeness (QED) is 0.927. The van der Waals surface area contributed by atoms with Crippen LogP contribution in [0.4, 0.5) is 0 Å². The molecule has 0 aliphatic heterocycles. The number of hydrogen-bond donors (Lipinski definition) is 1. The highest BCUT2D eigenvalue weighted by molar-refractivity contribution is 6.31. The lowest BCUT2D eigenvalue weighted by molar-refractivity contribution is 0.0576. The fourth-order valence-electron chi connectivity index (χ4n) is 2.19. The zero-order chi connectivity index (χ0) is 14.8. The topological polar surface area (TPSA) is 44.0 Å². The Hall–Kier alpha value is -1.82. The van der Waals surface area contributed by atoms with E-state index in [0.717, 1.165) is 11.1 Å². The summed E-state index contributed by atoms with van der Waals surface area (Å²) >= 11 is 6.22. The van der Waals surface area contributed by atoms with Crippen molar-refractivity contribution in [2.75, 3.05) is 0 Å². The van der Waals surface area contributed by atoms with Crippen LogP contribution >= 0.6 is 11.6 Å². The van der Waals surface area contributed by atoms with Gasteiger partial charge < -0.3 is 5.11 Å². The van der Waals surface area contributed by atoms with E-state index in [0.29, 0.717) is 22.6 Å². The van der Waals surface area contributed by atoms with Crippen molar-refractivity contribution in [3.8, 4) is 6.07 Å². The molecule has 0 heterocycles. The molecule has 20 heavy (non-hydrogen) atoms. The number of benzene rings is 2. The third-order valence-electron chi connectivity index (χ3n) is 3.36. The number of hydrogen-bond acceptors (Lipinski definition) is 2. The van der Waals surface area contributed by atoms with Crippen LogP contribution in [0.1, 0.15) is 29.2 Å². The molecule has 2 rings (SSSR count). The molecule has 102 valence electrons. The first-order valence-electron chi connectivity index (χ1n) is 6.40. The van der Waals surface area contributed by atoms with E-state index in [4.69, 9.17) is 16.9 Å². The molecule has 0 radical (unpaired) electrons. The lowest BCUT2D eigenvalue weighted by atomic mass is 9.88. The predicted octanol–water partition coefficient (Wildman–Crippen LogP) is 3.97. The number of aryl methyl sites for hydroxylation is 1. The summed E-state index contributed by atoms with van der Waals surface area (Å²) in [6, 6.07) is 14.9. The van der Waals surface area contributed by atoms with Crippen LogP contribution in [-0.2, 0) is 12.0 Å². The van der Waals surface area contributed by atoms with Crippen LogP contribution in [-0.4, -0.2) is 5.11 Å². The van der Waals surface area contributed by atoms with E-state index in [1.54, 1.807) is 25.1 Å². The maximum atomic E-state index is 10.7. The molecule has 0 aromatic heterocycles. The smallest absolute Gasteiger partial charge is 0.0991 e. The number of nitrogens with zero attached hydrogens (tertiary/aromatic N) is 1. The Balaban J connectivity index is 2.32. The summed E-state index contributed by atoms with van der Waals surface area (Å²) in [6.45, 7) is 3.71. The molecular weight excluding hydrogens is 270 g/mol. The summed E-state index contributed by atoms with van der Waals surface area (Å²) in [4.78, 5) is 0. The molecule has 3 heteroatoms. The normalized spacial score (nSPS) is 13.6. The van der Waals surface area contributed by atoms with Crippen molar-refractivity contribution < 1.29 is 5.11 Å². The maximum Gasteiger partial charge on any atom is 0.0991 e. The first-order chi connectivity index (χ1) is 9.42. The molecule has 0 spiro atoms. The fraction of sp³-hybridized carbons (Fsp3) is 0.235. The highest BCUT2D eigenvalue weighted by Crippen LogP contribution is 2.29. The minimum Gasteiger partial charge on any atom is -0.385 e. The van der Waals surface area contributed by atoms with Gasteiger partial charge >= 0.3 is 0 Å². The van der Waals surface area contributed by atoms with Crippen LogP contribution in [0, 0.1) is 18.3 Å². The predicted molar refractivity (Wildman–Crippen MR) is 80.6 cm³/mol. The van der Waals surface area contributed by atoms with Gasteiger partial charge in [-0.1, -0.05) is 35.9 Å². The largest absolute Gasteiger partial charge is 0.385 e. The van der Waals surface area contributed by atoms with Gasteiger partial charge in [0.05, 0.1) is 17.2 Å². The van der Waals surface area contributed by atoms with Gasteiger partial charge in [-0.25, -0.2) is 0 Å². The summed E-state index contributed by atoms with van der Waals surface area (Å²) < 4.78 is 0. The first-order valence-corrected chi connectivity index (χ1v) is 6.78. The van der Waals surface area contributed by atoms with E-state index >= 15 is 0 Å². The van der Waals surface area contributed by atoms with Crippen molar-refractivity contribution in [1.82, 2.24) is 0 Å². The van der Waals surface area contributed by atoms with Crippen LogP contribution < -0.4 is 0 Å². The van der Waals surface area contributed by atoms with Gasteiger partial charge in [0.25, 0.3) is 0 Å². The van der Waals surface area contributed by atoms with Crippen LogP contribution in [0.3, 0.4) is 0 Å². The van der Waals surface area contributed by atoms with Gasteiger partial charge in [-0.05, 0) is 48.7 Å². The molecule has 0 saturated heterocycles. The molecule has 0 aliphatic rings. The van der Waals surface area contributed by atoms with Crippen molar-refractivity contribution in [2.24, 2.45) is 0 Å². The highest BCUT2D eigenvalue weighted by atomic mass is 35.5. The zero-order valence-corrected chi connectivity index (χ0v) is 12.3. The van der Waals surface area contributed by atoms with Crippen molar-refractivity contribution in [3.05, 3.63) is 69.7 Å². The summed E-state index contributed by atoms with van der Waals surface area (Å²) in [6.07, 6.45) is 0.404. The Kier molecular flexibility index (Phi) is 4.13. The highest BCUT2D eigenvalue weighted by Gasteiger charge is 2.24. The van der Waals surface area contributed by atoms with Crippen LogP contribution in [0.2, 0.25) is 5.02 Å². The van der Waals surface area contributed by atoms with Gasteiger partial charge in [-0.2, -0.15) is 5.26 Å². The second-order valence-corrected chi connectivity index (χ2v) is 5.65. The van der Waals surface area contributed by atoms with Gasteiger partial charge in [0.2, 0.25) is 0 Å². The standard InChI is InChI=1S/C17H16ClNO/c1-12-6-7-14(16(18)8-12)10-17(2,20)15-5-3-4-13(9-15)11-19/h3-9,20H,10H2,1-2H3. The third-order valence-corrected chi connectivity index (χ3v) is 3.71. The summed E-state index contributed by atoms with van der Waals surface area (Å²) in [5.41, 5.74) is 2.17. The summed E-state index contributed by atoms with van der Waals surface area (Å²) in [5, 5.41) is 20.3. The molecule has 1 unspecified atom stereocenters. The summed E-state index contributed by atoms with van der Waals surface area (Å²) in [7, 11) is 0. The molecule has 1 N–H and O–H groups in total. The van der Waals surface area contributed by atoms with E-state index in [1.165, 1.54) is 0 Å². The lowest BCUT2D eigenvalue weighted by Crippen LogP contribution is -2.24. The van der Waals surface area contributed by atoms with Gasteiger partial charge in [0.15, 0.2) is 0 Å². The molecule has 0 amide bonds. The minimum atomic E-state index is -1.06. The molecule has 0 bridgehead atoms. The number of rotatable bonds is 3. The average molecular weight is 286 g/mol. The monoisotopic (exact) mass is 285 g/mol. The third kappa shape index (κ3) is 3.19. The lowest BCUT2D eigenvalue weighted by Gasteiger charge is -2.25.